The van der Waals surface area contributed by atoms with E-state index in [0.717, 1.165) is 0 Å². The van der Waals surface area contributed by atoms with E-state index in [9.17, 15) is 0 Å². The summed E-state index contributed by atoms with van der Waals surface area (Å²) in [5.41, 5.74) is 0. The van der Waals surface area contributed by atoms with Crippen molar-refractivity contribution in [3.8, 4) is 0 Å². The zero-order chi connectivity index (χ0) is 6.24. The summed E-state index contributed by atoms with van der Waals surface area (Å²) in [5.74, 6) is 0.222. The molecule has 0 unspecified atom stereocenters. The Labute approximate surface area is 58.4 Å². The molecule has 0 saturated heterocycles. The topological polar surface area (TPSA) is 17.1 Å². The van der Waals surface area contributed by atoms with Crippen molar-refractivity contribution in [2.45, 2.75) is 0 Å². The molecule has 0 atom stereocenters. The Kier molecular flexibility index (Phi) is 6.38. The van der Waals surface area contributed by atoms with Gasteiger partial charge in [0, 0.05) is 0 Å². The van der Waals surface area contributed by atoms with Crippen molar-refractivity contribution in [1.29, 1.82) is 0 Å². The first-order chi connectivity index (χ1) is 3.91. The molecule has 44 valence electrons. The molecule has 0 bridgehead atoms. The highest BCUT2D eigenvalue weighted by Gasteiger charge is 1.58. The van der Waals surface area contributed by atoms with Gasteiger partial charge < -0.3 is 0 Å². The molecule has 1 heterocycles. The zero-order valence-electron chi connectivity index (χ0n) is 5.08. The lowest BCUT2D eigenvalue weighted by atomic mass is 10.7. The van der Waals surface area contributed by atoms with E-state index in [1.165, 1.54) is 0 Å². The molecule has 1 aromatic heterocycles. The zero-order valence-corrected chi connectivity index (χ0v) is 5.65. The van der Waals surface area contributed by atoms with Gasteiger partial charge in [0.25, 0.3) is 0 Å². The average Bonchev–Trinajstić information content (AvgIpc) is 2.17. The lowest BCUT2D eigenvalue weighted by Gasteiger charge is -1.39. The second kappa shape index (κ2) is 6.66. The Morgan fingerprint density at radius 2 is 1.88 bits per heavy atom. The fourth-order valence-corrected chi connectivity index (χ4v) is 0.680. The Bertz CT molecular complexity index is 103. The van der Waals surface area contributed by atoms with E-state index < -0.39 is 0 Å². The summed E-state index contributed by atoms with van der Waals surface area (Å²) in [7, 11) is 0. The number of hydrogen-bond acceptors (Lipinski definition) is 2. The van der Waals surface area contributed by atoms with Crippen LogP contribution in [-0.2, 0) is 4.79 Å². The highest BCUT2D eigenvalue weighted by molar-refractivity contribution is 7.07. The number of halogens is 1. The Morgan fingerprint density at radius 3 is 2.00 bits per heavy atom. The lowest BCUT2D eigenvalue weighted by Crippen LogP contribution is -1.24. The third-order valence-electron chi connectivity index (χ3n) is 0.425. The van der Waals surface area contributed by atoms with Gasteiger partial charge in [-0.25, -0.2) is 0 Å². The van der Waals surface area contributed by atoms with Crippen LogP contribution in [0.25, 0.3) is 0 Å². The van der Waals surface area contributed by atoms with Gasteiger partial charge in [-0.1, -0.05) is 12.1 Å². The quantitative estimate of drug-likeness (QED) is 0.409. The molecule has 0 amide bonds. The van der Waals surface area contributed by atoms with Crippen LogP contribution in [0.3, 0.4) is 0 Å². The summed E-state index contributed by atoms with van der Waals surface area (Å²) in [5, 5.41) is 4.08. The molecule has 0 N–H and O–H groups in total. The van der Waals surface area contributed by atoms with E-state index in [1.807, 2.05) is 22.9 Å². The molecule has 0 aliphatic carbocycles. The van der Waals surface area contributed by atoms with Gasteiger partial charge >= 0.3 is 1.43 Å². The summed E-state index contributed by atoms with van der Waals surface area (Å²) < 4.78 is 0. The number of carbonyl (C=O) groups is 1. The van der Waals surface area contributed by atoms with Gasteiger partial charge in [0.2, 0.25) is 5.75 Å². The van der Waals surface area contributed by atoms with Crippen LogP contribution < -0.4 is 0 Å². The molecule has 0 aliphatic heterocycles. The molecule has 8 heavy (non-hydrogen) atoms. The van der Waals surface area contributed by atoms with Crippen LogP contribution in [0.4, 0.5) is 0 Å². The van der Waals surface area contributed by atoms with Gasteiger partial charge in [0.1, 0.15) is 0 Å². The molecular weight excluding hydrogens is 144 g/mol. The lowest BCUT2D eigenvalue weighted by molar-refractivity contribution is 0.569. The maximum Gasteiger partial charge on any atom is 1.00 e. The molecule has 1 aromatic rings. The molecule has 0 radical (unpaired) electrons. The van der Waals surface area contributed by atoms with Gasteiger partial charge in [0.15, 0.2) is 0 Å². The van der Waals surface area contributed by atoms with Crippen LogP contribution >= 0.6 is 22.9 Å². The minimum Gasteiger partial charge on any atom is -0.285 e. The van der Waals surface area contributed by atoms with E-state index >= 15 is 0 Å². The van der Waals surface area contributed by atoms with Crippen LogP contribution in [0.15, 0.2) is 22.9 Å². The normalized spacial score (nSPS) is 6.62. The summed E-state index contributed by atoms with van der Waals surface area (Å²) in [6.45, 7) is 0. The first-order valence-electron chi connectivity index (χ1n) is 1.93. The minimum atomic E-state index is 0. The SMILES string of the molecule is O=CCl.[H+].c1ccsc1. The van der Waals surface area contributed by atoms with Crippen molar-refractivity contribution >= 4 is 28.7 Å². The molecular formula is C5H6ClOS+. The fraction of sp³-hybridized carbons (Fsp3) is 0. The van der Waals surface area contributed by atoms with Crippen LogP contribution in [0.1, 0.15) is 1.43 Å². The highest BCUT2D eigenvalue weighted by Crippen LogP contribution is 1.91. The Hall–Kier alpha value is -0.340. The standard InChI is InChI=1S/C4H4S.CHClO/c1-2-4-5-3-1;2-1-3/h1-4H;1H/p+1. The fourth-order valence-electron chi connectivity index (χ4n) is 0.227. The van der Waals surface area contributed by atoms with Crippen LogP contribution in [-0.4, -0.2) is 5.75 Å². The summed E-state index contributed by atoms with van der Waals surface area (Å²) in [6.07, 6.45) is 0. The first kappa shape index (κ1) is 7.66. The molecule has 0 aliphatic rings. The van der Waals surface area contributed by atoms with E-state index in [0.29, 0.717) is 0 Å². The van der Waals surface area contributed by atoms with Gasteiger partial charge in [-0.3, -0.25) is 4.79 Å². The first-order valence-corrected chi connectivity index (χ1v) is 3.30. The predicted octanol–water partition coefficient (Wildman–Crippen LogP) is 2.28. The molecule has 0 spiro atoms. The van der Waals surface area contributed by atoms with Crippen LogP contribution in [0.5, 0.6) is 0 Å². The van der Waals surface area contributed by atoms with Gasteiger partial charge in [-0.2, -0.15) is 11.3 Å². The summed E-state index contributed by atoms with van der Waals surface area (Å²) in [6, 6.07) is 4.04. The van der Waals surface area contributed by atoms with Gasteiger partial charge in [0.05, 0.1) is 0 Å². The van der Waals surface area contributed by atoms with E-state index in [1.54, 1.807) is 11.3 Å². The summed E-state index contributed by atoms with van der Waals surface area (Å²) in [4.78, 5) is 8.57. The third kappa shape index (κ3) is 5.66. The van der Waals surface area contributed by atoms with Crippen molar-refractivity contribution in [2.24, 2.45) is 0 Å². The maximum absolute atomic E-state index is 8.57. The number of carbonyl (C=O) groups excluding carboxylic acids is 1. The largest absolute Gasteiger partial charge is 1.00 e. The van der Waals surface area contributed by atoms with Crippen LogP contribution in [0.2, 0.25) is 0 Å². The highest BCUT2D eigenvalue weighted by atomic mass is 35.5. The molecule has 3 heteroatoms. The Morgan fingerprint density at radius 1 is 1.50 bits per heavy atom. The van der Waals surface area contributed by atoms with E-state index in [4.69, 9.17) is 4.79 Å². The predicted molar refractivity (Wildman–Crippen MR) is 38.0 cm³/mol. The minimum absolute atomic E-state index is 0. The van der Waals surface area contributed by atoms with Gasteiger partial charge in [-0.15, -0.1) is 0 Å². The second-order valence-electron chi connectivity index (χ2n) is 0.882. The van der Waals surface area contributed by atoms with Crippen molar-refractivity contribution in [3.05, 3.63) is 22.9 Å². The smallest absolute Gasteiger partial charge is 0.285 e. The van der Waals surface area contributed by atoms with Crippen LogP contribution in [0, 0.1) is 0 Å². The average molecular weight is 150 g/mol. The number of thiophene rings is 1. The number of rotatable bonds is 0. The van der Waals surface area contributed by atoms with Gasteiger partial charge in [-0.05, 0) is 22.4 Å². The number of hydrogen-bond donors (Lipinski definition) is 0. The van der Waals surface area contributed by atoms with E-state index in [2.05, 4.69) is 11.6 Å². The Balaban J connectivity index is 0. The molecule has 0 fully saturated rings. The summed E-state index contributed by atoms with van der Waals surface area (Å²) >= 11 is 6.03. The van der Waals surface area contributed by atoms with E-state index in [-0.39, 0.29) is 7.17 Å². The maximum atomic E-state index is 8.57. The third-order valence-corrected chi connectivity index (χ3v) is 1.05. The molecule has 0 saturated carbocycles. The molecule has 1 nitrogen and oxygen atoms in total. The molecule has 0 aromatic carbocycles. The van der Waals surface area contributed by atoms with Crippen molar-refractivity contribution in [2.75, 3.05) is 0 Å². The van der Waals surface area contributed by atoms with Crippen molar-refractivity contribution in [1.82, 2.24) is 0 Å². The van der Waals surface area contributed by atoms with Crippen molar-refractivity contribution < 1.29 is 6.22 Å². The monoisotopic (exact) mass is 149 g/mol. The second-order valence-corrected chi connectivity index (χ2v) is 1.88. The molecule has 1 rings (SSSR count). The van der Waals surface area contributed by atoms with Crippen molar-refractivity contribution in [3.63, 3.8) is 0 Å².